The molecule has 1 aromatic carbocycles. The Bertz CT molecular complexity index is 703. The Morgan fingerprint density at radius 1 is 1.20 bits per heavy atom. The maximum absolute atomic E-state index is 12.8. The third-order valence-corrected chi connectivity index (χ3v) is 3.94. The van der Waals surface area contributed by atoms with Gasteiger partial charge in [-0.25, -0.2) is 4.79 Å². The molecule has 25 heavy (non-hydrogen) atoms. The van der Waals surface area contributed by atoms with Gasteiger partial charge in [0.1, 0.15) is 5.75 Å². The first-order valence-electron chi connectivity index (χ1n) is 8.08. The Hall–Kier alpha value is -2.60. The minimum atomic E-state index is -0.493. The fourth-order valence-corrected chi connectivity index (χ4v) is 2.65. The summed E-state index contributed by atoms with van der Waals surface area (Å²) < 4.78 is 15.3. The molecule has 0 aromatic heterocycles. The van der Waals surface area contributed by atoms with E-state index in [1.54, 1.807) is 51.2 Å². The van der Waals surface area contributed by atoms with E-state index in [1.807, 2.05) is 12.1 Å². The van der Waals surface area contributed by atoms with Crippen LogP contribution in [0, 0.1) is 0 Å². The highest BCUT2D eigenvalue weighted by molar-refractivity contribution is 6.16. The van der Waals surface area contributed by atoms with E-state index >= 15 is 0 Å². The zero-order valence-electron chi connectivity index (χ0n) is 15.0. The first-order chi connectivity index (χ1) is 12.0. The van der Waals surface area contributed by atoms with E-state index in [2.05, 4.69) is 0 Å². The SMILES string of the molecule is CCOC(=O)C1=C(C)N(CCOC)C(=O)/C1=C\c1ccc(OC)cc1. The maximum atomic E-state index is 12.8. The van der Waals surface area contributed by atoms with Crippen LogP contribution in [0.2, 0.25) is 0 Å². The minimum Gasteiger partial charge on any atom is -0.497 e. The number of carbonyl (C=O) groups excluding carboxylic acids is 2. The molecule has 0 N–H and O–H groups in total. The molecule has 6 nitrogen and oxygen atoms in total. The predicted octanol–water partition coefficient (Wildman–Crippen LogP) is 2.40. The number of esters is 1. The fourth-order valence-electron chi connectivity index (χ4n) is 2.65. The molecule has 1 aliphatic heterocycles. The molecule has 0 fully saturated rings. The van der Waals surface area contributed by atoms with Crippen molar-refractivity contribution in [3.05, 3.63) is 46.7 Å². The number of methoxy groups -OCH3 is 2. The van der Waals surface area contributed by atoms with Gasteiger partial charge in [0.25, 0.3) is 5.91 Å². The molecule has 2 rings (SSSR count). The van der Waals surface area contributed by atoms with Crippen molar-refractivity contribution in [2.24, 2.45) is 0 Å². The van der Waals surface area contributed by atoms with Crippen LogP contribution in [-0.2, 0) is 19.1 Å². The van der Waals surface area contributed by atoms with Gasteiger partial charge in [-0.1, -0.05) is 12.1 Å². The lowest BCUT2D eigenvalue weighted by molar-refractivity contribution is -0.138. The van der Waals surface area contributed by atoms with Crippen molar-refractivity contribution in [3.8, 4) is 5.75 Å². The van der Waals surface area contributed by atoms with Crippen molar-refractivity contribution in [1.82, 2.24) is 4.90 Å². The van der Waals surface area contributed by atoms with Crippen LogP contribution in [0.15, 0.2) is 41.1 Å². The maximum Gasteiger partial charge on any atom is 0.340 e. The van der Waals surface area contributed by atoms with E-state index in [0.717, 1.165) is 11.3 Å². The molecule has 0 atom stereocenters. The predicted molar refractivity (Wildman–Crippen MR) is 93.9 cm³/mol. The molecular weight excluding hydrogens is 322 g/mol. The van der Waals surface area contributed by atoms with Crippen LogP contribution < -0.4 is 4.74 Å². The quantitative estimate of drug-likeness (QED) is 0.561. The lowest BCUT2D eigenvalue weighted by atomic mass is 10.0. The second kappa shape index (κ2) is 8.48. The molecule has 0 aliphatic carbocycles. The van der Waals surface area contributed by atoms with Crippen LogP contribution in [-0.4, -0.2) is 50.8 Å². The van der Waals surface area contributed by atoms with Gasteiger partial charge in [-0.2, -0.15) is 0 Å². The highest BCUT2D eigenvalue weighted by Crippen LogP contribution is 2.31. The van der Waals surface area contributed by atoms with Crippen LogP contribution in [0.5, 0.6) is 5.75 Å². The van der Waals surface area contributed by atoms with Gasteiger partial charge in [0.15, 0.2) is 0 Å². The summed E-state index contributed by atoms with van der Waals surface area (Å²) in [6.07, 6.45) is 1.70. The van der Waals surface area contributed by atoms with E-state index in [-0.39, 0.29) is 12.5 Å². The van der Waals surface area contributed by atoms with Gasteiger partial charge in [-0.05, 0) is 37.6 Å². The molecule has 1 heterocycles. The van der Waals surface area contributed by atoms with Crippen molar-refractivity contribution in [2.45, 2.75) is 13.8 Å². The van der Waals surface area contributed by atoms with E-state index in [0.29, 0.717) is 30.0 Å². The van der Waals surface area contributed by atoms with Gasteiger partial charge in [0.05, 0.1) is 31.5 Å². The third-order valence-electron chi connectivity index (χ3n) is 3.94. The second-order valence-electron chi connectivity index (χ2n) is 5.46. The van der Waals surface area contributed by atoms with Gasteiger partial charge >= 0.3 is 5.97 Å². The first kappa shape index (κ1) is 18.7. The van der Waals surface area contributed by atoms with Gasteiger partial charge < -0.3 is 19.1 Å². The largest absolute Gasteiger partial charge is 0.497 e. The molecule has 0 spiro atoms. The van der Waals surface area contributed by atoms with Crippen LogP contribution in [0.3, 0.4) is 0 Å². The summed E-state index contributed by atoms with van der Waals surface area (Å²) in [4.78, 5) is 26.7. The zero-order chi connectivity index (χ0) is 18.4. The summed E-state index contributed by atoms with van der Waals surface area (Å²) in [6.45, 7) is 4.49. The number of hydrogen-bond donors (Lipinski definition) is 0. The minimum absolute atomic E-state index is 0.228. The average Bonchev–Trinajstić information content (AvgIpc) is 2.84. The summed E-state index contributed by atoms with van der Waals surface area (Å²) in [5.74, 6) is 0.000378. The van der Waals surface area contributed by atoms with Crippen LogP contribution in [0.1, 0.15) is 19.4 Å². The summed E-state index contributed by atoms with van der Waals surface area (Å²) in [5.41, 5.74) is 2.02. The summed E-state index contributed by atoms with van der Waals surface area (Å²) in [6, 6.07) is 7.26. The summed E-state index contributed by atoms with van der Waals surface area (Å²) in [7, 11) is 3.16. The number of ether oxygens (including phenoxy) is 3. The lowest BCUT2D eigenvalue weighted by Crippen LogP contribution is -2.28. The Balaban J connectivity index is 2.42. The highest BCUT2D eigenvalue weighted by Gasteiger charge is 2.36. The van der Waals surface area contributed by atoms with Crippen LogP contribution >= 0.6 is 0 Å². The van der Waals surface area contributed by atoms with Gasteiger partial charge in [-0.15, -0.1) is 0 Å². The van der Waals surface area contributed by atoms with Gasteiger partial charge in [0.2, 0.25) is 0 Å². The molecule has 1 aromatic rings. The average molecular weight is 345 g/mol. The van der Waals surface area contributed by atoms with Crippen molar-refractivity contribution in [2.75, 3.05) is 34.0 Å². The summed E-state index contributed by atoms with van der Waals surface area (Å²) >= 11 is 0. The molecule has 0 saturated carbocycles. The number of allylic oxidation sites excluding steroid dienone is 1. The molecular formula is C19H23NO5. The Morgan fingerprint density at radius 2 is 1.88 bits per heavy atom. The molecule has 0 saturated heterocycles. The number of benzene rings is 1. The number of hydrogen-bond acceptors (Lipinski definition) is 5. The van der Waals surface area contributed by atoms with Gasteiger partial charge in [0, 0.05) is 19.4 Å². The molecule has 0 radical (unpaired) electrons. The number of amides is 1. The topological polar surface area (TPSA) is 65.1 Å². The first-order valence-corrected chi connectivity index (χ1v) is 8.08. The Kier molecular flexibility index (Phi) is 6.36. The van der Waals surface area contributed by atoms with Crippen LogP contribution in [0.4, 0.5) is 0 Å². The number of carbonyl (C=O) groups is 2. The zero-order valence-corrected chi connectivity index (χ0v) is 15.0. The normalized spacial score (nSPS) is 15.9. The molecule has 0 bridgehead atoms. The van der Waals surface area contributed by atoms with E-state index in [1.165, 1.54) is 0 Å². The standard InChI is InChI=1S/C19H23NO5/c1-5-25-19(22)17-13(2)20(10-11-23-3)18(21)16(17)12-14-6-8-15(24-4)9-7-14/h6-9,12H,5,10-11H2,1-4H3/b16-12-. The van der Waals surface area contributed by atoms with Gasteiger partial charge in [-0.3, -0.25) is 4.79 Å². The smallest absolute Gasteiger partial charge is 0.340 e. The van der Waals surface area contributed by atoms with Crippen molar-refractivity contribution in [3.63, 3.8) is 0 Å². The number of rotatable bonds is 7. The van der Waals surface area contributed by atoms with Crippen molar-refractivity contribution in [1.29, 1.82) is 0 Å². The molecule has 134 valence electrons. The van der Waals surface area contributed by atoms with E-state index in [4.69, 9.17) is 14.2 Å². The lowest BCUT2D eigenvalue weighted by Gasteiger charge is -2.16. The fraction of sp³-hybridized carbons (Fsp3) is 0.368. The number of nitrogens with zero attached hydrogens (tertiary/aromatic N) is 1. The molecule has 1 amide bonds. The highest BCUT2D eigenvalue weighted by atomic mass is 16.5. The van der Waals surface area contributed by atoms with Crippen LogP contribution in [0.25, 0.3) is 6.08 Å². The monoisotopic (exact) mass is 345 g/mol. The molecule has 1 aliphatic rings. The third kappa shape index (κ3) is 4.09. The second-order valence-corrected chi connectivity index (χ2v) is 5.46. The van der Waals surface area contributed by atoms with E-state index < -0.39 is 5.97 Å². The summed E-state index contributed by atoms with van der Waals surface area (Å²) in [5, 5.41) is 0. The Labute approximate surface area is 147 Å². The Morgan fingerprint density at radius 3 is 2.44 bits per heavy atom. The van der Waals surface area contributed by atoms with Crippen molar-refractivity contribution >= 4 is 18.0 Å². The van der Waals surface area contributed by atoms with Crippen molar-refractivity contribution < 1.29 is 23.8 Å². The molecule has 0 unspecified atom stereocenters. The molecule has 6 heteroatoms. The van der Waals surface area contributed by atoms with E-state index in [9.17, 15) is 9.59 Å².